The molecule has 1 aromatic carbocycles. The average Bonchev–Trinajstić information content (AvgIpc) is 3.22. The number of aryl methyl sites for hydroxylation is 1. The van der Waals surface area contributed by atoms with E-state index in [1.54, 1.807) is 43.5 Å². The molecular weight excluding hydrogens is 328 g/mol. The number of benzene rings is 1. The molecule has 8 heteroatoms. The van der Waals surface area contributed by atoms with Crippen molar-refractivity contribution in [3.63, 3.8) is 0 Å². The van der Waals surface area contributed by atoms with Crippen LogP contribution in [0.3, 0.4) is 0 Å². The van der Waals surface area contributed by atoms with Crippen LogP contribution in [0.15, 0.2) is 50.7 Å². The maximum Gasteiger partial charge on any atom is 0.277 e. The van der Waals surface area contributed by atoms with E-state index in [1.165, 1.54) is 0 Å². The second-order valence-electron chi connectivity index (χ2n) is 4.76. The summed E-state index contributed by atoms with van der Waals surface area (Å²) in [4.78, 5) is 12.0. The zero-order valence-corrected chi connectivity index (χ0v) is 13.5. The molecule has 0 bridgehead atoms. The number of rotatable bonds is 5. The van der Waals surface area contributed by atoms with Gasteiger partial charge in [0.25, 0.3) is 11.1 Å². The number of nitriles is 1. The molecule has 3 aromatic rings. The topological polar surface area (TPSA) is 105 Å². The van der Waals surface area contributed by atoms with Gasteiger partial charge in [-0.2, -0.15) is 5.26 Å². The summed E-state index contributed by atoms with van der Waals surface area (Å²) in [6.07, 6.45) is 1.54. The number of hydrogen-bond acceptors (Lipinski definition) is 7. The van der Waals surface area contributed by atoms with E-state index in [1.807, 2.05) is 6.07 Å². The van der Waals surface area contributed by atoms with Crippen LogP contribution in [0.25, 0.3) is 11.5 Å². The minimum absolute atomic E-state index is 0.0891. The van der Waals surface area contributed by atoms with Crippen molar-refractivity contribution >= 4 is 23.4 Å². The summed E-state index contributed by atoms with van der Waals surface area (Å²) >= 11 is 1.12. The largest absolute Gasteiger partial charge is 0.469 e. The average molecular weight is 340 g/mol. The molecule has 0 radical (unpaired) electrons. The number of amides is 1. The molecule has 1 amide bonds. The molecular formula is C16H12N4O3S. The van der Waals surface area contributed by atoms with Gasteiger partial charge in [-0.3, -0.25) is 4.79 Å². The fourth-order valence-electron chi connectivity index (χ4n) is 1.99. The summed E-state index contributed by atoms with van der Waals surface area (Å²) in [7, 11) is 0. The van der Waals surface area contributed by atoms with Crippen LogP contribution in [0.1, 0.15) is 11.3 Å². The van der Waals surface area contributed by atoms with Gasteiger partial charge in [0.1, 0.15) is 11.8 Å². The quantitative estimate of drug-likeness (QED) is 0.711. The Bertz CT molecular complexity index is 910. The van der Waals surface area contributed by atoms with Gasteiger partial charge in [0, 0.05) is 0 Å². The first kappa shape index (κ1) is 15.8. The SMILES string of the molecule is Cc1occc1-c1nnc(SCC(=O)Nc2ccccc2C#N)o1. The second kappa shape index (κ2) is 7.02. The zero-order chi connectivity index (χ0) is 16.9. The molecule has 0 spiro atoms. The maximum absolute atomic E-state index is 12.0. The Kier molecular flexibility index (Phi) is 4.63. The van der Waals surface area contributed by atoms with E-state index in [0.29, 0.717) is 22.9 Å². The van der Waals surface area contributed by atoms with E-state index in [0.717, 1.165) is 17.3 Å². The van der Waals surface area contributed by atoms with Crippen molar-refractivity contribution in [2.24, 2.45) is 0 Å². The van der Waals surface area contributed by atoms with Gasteiger partial charge in [0.05, 0.1) is 28.8 Å². The summed E-state index contributed by atoms with van der Waals surface area (Å²) in [6, 6.07) is 10.6. The lowest BCUT2D eigenvalue weighted by Gasteiger charge is -2.05. The van der Waals surface area contributed by atoms with Gasteiger partial charge >= 0.3 is 0 Å². The normalized spacial score (nSPS) is 10.3. The predicted molar refractivity (Wildman–Crippen MR) is 87.2 cm³/mol. The summed E-state index contributed by atoms with van der Waals surface area (Å²) in [6.45, 7) is 1.80. The van der Waals surface area contributed by atoms with Gasteiger partial charge in [-0.1, -0.05) is 23.9 Å². The molecule has 120 valence electrons. The summed E-state index contributed by atoms with van der Waals surface area (Å²) < 4.78 is 10.7. The van der Waals surface area contributed by atoms with Crippen LogP contribution in [0.2, 0.25) is 0 Å². The van der Waals surface area contributed by atoms with Gasteiger partial charge in [-0.25, -0.2) is 0 Å². The third kappa shape index (κ3) is 3.47. The fourth-order valence-corrected chi connectivity index (χ4v) is 2.55. The van der Waals surface area contributed by atoms with Crippen molar-refractivity contribution in [3.05, 3.63) is 47.9 Å². The number of nitrogens with zero attached hydrogens (tertiary/aromatic N) is 3. The smallest absolute Gasteiger partial charge is 0.277 e. The highest BCUT2D eigenvalue weighted by Crippen LogP contribution is 2.26. The van der Waals surface area contributed by atoms with Crippen LogP contribution in [0, 0.1) is 18.3 Å². The lowest BCUT2D eigenvalue weighted by atomic mass is 10.2. The molecule has 2 heterocycles. The summed E-state index contributed by atoms with van der Waals surface area (Å²) in [5, 5.41) is 19.8. The van der Waals surface area contributed by atoms with Gasteiger partial charge < -0.3 is 14.2 Å². The van der Waals surface area contributed by atoms with E-state index in [-0.39, 0.29) is 16.9 Å². The number of para-hydroxylation sites is 1. The van der Waals surface area contributed by atoms with E-state index in [9.17, 15) is 4.79 Å². The maximum atomic E-state index is 12.0. The molecule has 2 aromatic heterocycles. The number of thioether (sulfide) groups is 1. The number of anilines is 1. The molecule has 7 nitrogen and oxygen atoms in total. The first-order chi connectivity index (χ1) is 11.7. The van der Waals surface area contributed by atoms with Crippen LogP contribution in [0.5, 0.6) is 0 Å². The molecule has 0 saturated heterocycles. The van der Waals surface area contributed by atoms with Crippen LogP contribution < -0.4 is 5.32 Å². The van der Waals surface area contributed by atoms with Crippen molar-refractivity contribution in [1.29, 1.82) is 5.26 Å². The predicted octanol–water partition coefficient (Wildman–Crippen LogP) is 3.24. The molecule has 0 fully saturated rings. The third-order valence-electron chi connectivity index (χ3n) is 3.14. The van der Waals surface area contributed by atoms with Crippen molar-refractivity contribution in [2.75, 3.05) is 11.1 Å². The van der Waals surface area contributed by atoms with E-state index in [2.05, 4.69) is 15.5 Å². The van der Waals surface area contributed by atoms with Crippen molar-refractivity contribution < 1.29 is 13.6 Å². The highest BCUT2D eigenvalue weighted by atomic mass is 32.2. The van der Waals surface area contributed by atoms with Gasteiger partial charge in [-0.15, -0.1) is 10.2 Å². The highest BCUT2D eigenvalue weighted by molar-refractivity contribution is 7.99. The minimum Gasteiger partial charge on any atom is -0.469 e. The molecule has 0 unspecified atom stereocenters. The van der Waals surface area contributed by atoms with Crippen LogP contribution >= 0.6 is 11.8 Å². The molecule has 0 saturated carbocycles. The van der Waals surface area contributed by atoms with Crippen LogP contribution in [0.4, 0.5) is 5.69 Å². The standard InChI is InChI=1S/C16H12N4O3S/c1-10-12(6-7-22-10)15-19-20-16(23-15)24-9-14(21)18-13-5-3-2-4-11(13)8-17/h2-7H,9H2,1H3,(H,18,21). The second-order valence-corrected chi connectivity index (χ2v) is 5.68. The Morgan fingerprint density at radius 2 is 2.17 bits per heavy atom. The molecule has 0 aliphatic carbocycles. The lowest BCUT2D eigenvalue weighted by molar-refractivity contribution is -0.113. The number of carbonyl (C=O) groups is 1. The summed E-state index contributed by atoms with van der Waals surface area (Å²) in [5.41, 5.74) is 1.61. The van der Waals surface area contributed by atoms with Crippen molar-refractivity contribution in [3.8, 4) is 17.5 Å². The number of furan rings is 1. The van der Waals surface area contributed by atoms with Gasteiger partial charge in [0.2, 0.25) is 5.91 Å². The van der Waals surface area contributed by atoms with E-state index < -0.39 is 0 Å². The molecule has 1 N–H and O–H groups in total. The molecule has 24 heavy (non-hydrogen) atoms. The minimum atomic E-state index is -0.262. The lowest BCUT2D eigenvalue weighted by Crippen LogP contribution is -2.14. The Labute approximate surface area is 141 Å². The van der Waals surface area contributed by atoms with Gasteiger partial charge in [0.15, 0.2) is 0 Å². The molecule has 0 aliphatic rings. The third-order valence-corrected chi connectivity index (χ3v) is 3.96. The zero-order valence-electron chi connectivity index (χ0n) is 12.6. The highest BCUT2D eigenvalue weighted by Gasteiger charge is 2.14. The van der Waals surface area contributed by atoms with E-state index >= 15 is 0 Å². The monoisotopic (exact) mass is 340 g/mol. The molecule has 3 rings (SSSR count). The van der Waals surface area contributed by atoms with Gasteiger partial charge in [-0.05, 0) is 25.1 Å². The number of nitrogens with one attached hydrogen (secondary N) is 1. The Balaban J connectivity index is 1.60. The van der Waals surface area contributed by atoms with E-state index in [4.69, 9.17) is 14.1 Å². The molecule has 0 aliphatic heterocycles. The Morgan fingerprint density at radius 3 is 2.92 bits per heavy atom. The Hall–Kier alpha value is -3.05. The summed E-state index contributed by atoms with van der Waals surface area (Å²) in [5.74, 6) is 0.855. The number of hydrogen-bond donors (Lipinski definition) is 1. The fraction of sp³-hybridized carbons (Fsp3) is 0.125. The first-order valence-corrected chi connectivity index (χ1v) is 7.95. The van der Waals surface area contributed by atoms with Crippen molar-refractivity contribution in [2.45, 2.75) is 12.1 Å². The Morgan fingerprint density at radius 1 is 1.33 bits per heavy atom. The van der Waals surface area contributed by atoms with Crippen LogP contribution in [-0.4, -0.2) is 21.9 Å². The van der Waals surface area contributed by atoms with Crippen molar-refractivity contribution in [1.82, 2.24) is 10.2 Å². The number of carbonyl (C=O) groups excluding carboxylic acids is 1. The molecule has 0 atom stereocenters. The number of aromatic nitrogens is 2. The van der Waals surface area contributed by atoms with Crippen LogP contribution in [-0.2, 0) is 4.79 Å². The first-order valence-electron chi connectivity index (χ1n) is 6.97.